The van der Waals surface area contributed by atoms with Crippen molar-refractivity contribution in [1.29, 1.82) is 0 Å². The average Bonchev–Trinajstić information content (AvgIpc) is 2.19. The highest BCUT2D eigenvalue weighted by molar-refractivity contribution is 5.97. The maximum absolute atomic E-state index is 11.1. The molecule has 0 aliphatic rings. The lowest BCUT2D eigenvalue weighted by Crippen LogP contribution is -2.04. The Morgan fingerprint density at radius 3 is 2.71 bits per heavy atom. The number of rotatable bonds is 1. The molecule has 14 heavy (non-hydrogen) atoms. The molecule has 0 saturated carbocycles. The second kappa shape index (κ2) is 3.10. The number of fused-ring (bicyclic) bond motifs is 1. The van der Waals surface area contributed by atoms with E-state index >= 15 is 0 Å². The summed E-state index contributed by atoms with van der Waals surface area (Å²) in [6, 6.07) is 6.67. The predicted octanol–water partition coefficient (Wildman–Crippen LogP) is 1.65. The first kappa shape index (κ1) is 8.69. The van der Waals surface area contributed by atoms with Crippen LogP contribution in [0.3, 0.4) is 0 Å². The smallest absolute Gasteiger partial charge is 0.248 e. The number of carbonyl (C=O) groups excluding carboxylic acids is 1. The van der Waals surface area contributed by atoms with Gasteiger partial charge < -0.3 is 4.98 Å². The van der Waals surface area contributed by atoms with E-state index in [0.29, 0.717) is 5.56 Å². The molecular formula is C11H9NO2. The highest BCUT2D eigenvalue weighted by Gasteiger charge is 2.02. The predicted molar refractivity (Wildman–Crippen MR) is 54.7 cm³/mol. The van der Waals surface area contributed by atoms with Gasteiger partial charge in [-0.3, -0.25) is 9.59 Å². The number of aryl methyl sites for hydroxylation is 1. The Balaban J connectivity index is 2.98. The Labute approximate surface area is 80.4 Å². The van der Waals surface area contributed by atoms with Gasteiger partial charge in [-0.2, -0.15) is 0 Å². The largest absolute Gasteiger partial charge is 0.322 e. The summed E-state index contributed by atoms with van der Waals surface area (Å²) in [6.07, 6.45) is 0.792. The van der Waals surface area contributed by atoms with Crippen LogP contribution in [0.2, 0.25) is 0 Å². The first-order valence-electron chi connectivity index (χ1n) is 4.30. The molecule has 3 nitrogen and oxygen atoms in total. The molecule has 0 spiro atoms. The van der Waals surface area contributed by atoms with Crippen molar-refractivity contribution in [3.8, 4) is 0 Å². The van der Waals surface area contributed by atoms with Gasteiger partial charge in [0.05, 0.1) is 5.52 Å². The topological polar surface area (TPSA) is 49.9 Å². The summed E-state index contributed by atoms with van der Waals surface area (Å²) in [4.78, 5) is 24.5. The van der Waals surface area contributed by atoms with Crippen LogP contribution in [0.1, 0.15) is 15.9 Å². The van der Waals surface area contributed by atoms with E-state index < -0.39 is 0 Å². The molecule has 0 radical (unpaired) electrons. The molecular weight excluding hydrogens is 178 g/mol. The Kier molecular flexibility index (Phi) is 1.93. The summed E-state index contributed by atoms with van der Waals surface area (Å²) in [7, 11) is 0. The summed E-state index contributed by atoms with van der Waals surface area (Å²) in [5.41, 5.74) is 2.15. The minimum Gasteiger partial charge on any atom is -0.322 e. The standard InChI is InChI=1S/C11H9NO2/c1-7-2-3-8(6-13)9-4-5-10(14)12-11(7)9/h2-6H,1H3,(H,12,14). The third-order valence-electron chi connectivity index (χ3n) is 2.26. The van der Waals surface area contributed by atoms with Crippen molar-refractivity contribution in [3.05, 3.63) is 45.7 Å². The molecule has 0 bridgehead atoms. The normalized spacial score (nSPS) is 10.4. The third-order valence-corrected chi connectivity index (χ3v) is 2.26. The van der Waals surface area contributed by atoms with Crippen molar-refractivity contribution in [1.82, 2.24) is 4.98 Å². The monoisotopic (exact) mass is 187 g/mol. The van der Waals surface area contributed by atoms with Gasteiger partial charge in [-0.15, -0.1) is 0 Å². The van der Waals surface area contributed by atoms with Gasteiger partial charge in [0.1, 0.15) is 0 Å². The number of hydrogen-bond donors (Lipinski definition) is 1. The number of aldehydes is 1. The molecule has 70 valence electrons. The summed E-state index contributed by atoms with van der Waals surface area (Å²) in [5.74, 6) is 0. The van der Waals surface area contributed by atoms with E-state index in [4.69, 9.17) is 0 Å². The van der Waals surface area contributed by atoms with E-state index in [1.165, 1.54) is 6.07 Å². The van der Waals surface area contributed by atoms with Crippen molar-refractivity contribution >= 4 is 17.2 Å². The fraction of sp³-hybridized carbons (Fsp3) is 0.0909. The summed E-state index contributed by atoms with van der Waals surface area (Å²) in [5, 5.41) is 0.791. The van der Waals surface area contributed by atoms with E-state index in [2.05, 4.69) is 4.98 Å². The highest BCUT2D eigenvalue weighted by Crippen LogP contribution is 2.17. The van der Waals surface area contributed by atoms with Crippen molar-refractivity contribution in [3.63, 3.8) is 0 Å². The molecule has 0 atom stereocenters. The number of aromatic amines is 1. The molecule has 1 aromatic heterocycles. The first-order valence-corrected chi connectivity index (χ1v) is 4.30. The lowest BCUT2D eigenvalue weighted by molar-refractivity contribution is 0.112. The van der Waals surface area contributed by atoms with E-state index in [9.17, 15) is 9.59 Å². The number of hydrogen-bond acceptors (Lipinski definition) is 2. The van der Waals surface area contributed by atoms with Crippen molar-refractivity contribution in [2.24, 2.45) is 0 Å². The van der Waals surface area contributed by atoms with Gasteiger partial charge in [0, 0.05) is 17.0 Å². The number of benzene rings is 1. The average molecular weight is 187 g/mol. The van der Waals surface area contributed by atoms with Crippen molar-refractivity contribution < 1.29 is 4.79 Å². The van der Waals surface area contributed by atoms with E-state index in [0.717, 1.165) is 22.8 Å². The quantitative estimate of drug-likeness (QED) is 0.690. The number of pyridine rings is 1. The summed E-state index contributed by atoms with van der Waals surface area (Å²) in [6.45, 7) is 1.90. The zero-order chi connectivity index (χ0) is 10.1. The Morgan fingerprint density at radius 1 is 1.21 bits per heavy atom. The van der Waals surface area contributed by atoms with Crippen LogP contribution in [0.15, 0.2) is 29.1 Å². The minimum absolute atomic E-state index is 0.149. The third kappa shape index (κ3) is 1.23. The number of carbonyl (C=O) groups is 1. The molecule has 0 amide bonds. The molecule has 0 aliphatic carbocycles. The van der Waals surface area contributed by atoms with Gasteiger partial charge in [-0.05, 0) is 18.6 Å². The van der Waals surface area contributed by atoms with Crippen LogP contribution < -0.4 is 5.56 Å². The van der Waals surface area contributed by atoms with Crippen LogP contribution >= 0.6 is 0 Å². The van der Waals surface area contributed by atoms with Crippen LogP contribution in [0.4, 0.5) is 0 Å². The Hall–Kier alpha value is -1.90. The Bertz CT molecular complexity index is 555. The minimum atomic E-state index is -0.149. The van der Waals surface area contributed by atoms with Gasteiger partial charge in [0.2, 0.25) is 5.56 Å². The van der Waals surface area contributed by atoms with E-state index in [1.807, 2.05) is 13.0 Å². The molecule has 3 heteroatoms. The van der Waals surface area contributed by atoms with Gasteiger partial charge >= 0.3 is 0 Å². The summed E-state index contributed by atoms with van der Waals surface area (Å²) >= 11 is 0. The van der Waals surface area contributed by atoms with Gasteiger partial charge in [0.25, 0.3) is 0 Å². The van der Waals surface area contributed by atoms with Gasteiger partial charge in [-0.1, -0.05) is 12.1 Å². The number of aromatic nitrogens is 1. The van der Waals surface area contributed by atoms with Crippen LogP contribution in [0, 0.1) is 6.92 Å². The first-order chi connectivity index (χ1) is 6.72. The fourth-order valence-electron chi connectivity index (χ4n) is 1.52. The molecule has 1 N–H and O–H groups in total. The molecule has 1 aromatic carbocycles. The molecule has 1 heterocycles. The van der Waals surface area contributed by atoms with Crippen LogP contribution in [0.25, 0.3) is 10.9 Å². The SMILES string of the molecule is Cc1ccc(C=O)c2ccc(=O)[nH]c12. The van der Waals surface area contributed by atoms with Gasteiger partial charge in [-0.25, -0.2) is 0 Å². The lowest BCUT2D eigenvalue weighted by Gasteiger charge is -2.03. The zero-order valence-electron chi connectivity index (χ0n) is 7.70. The second-order valence-electron chi connectivity index (χ2n) is 3.20. The lowest BCUT2D eigenvalue weighted by atomic mass is 10.1. The van der Waals surface area contributed by atoms with Crippen molar-refractivity contribution in [2.45, 2.75) is 6.92 Å². The van der Waals surface area contributed by atoms with Crippen LogP contribution in [-0.4, -0.2) is 11.3 Å². The molecule has 0 unspecified atom stereocenters. The van der Waals surface area contributed by atoms with E-state index in [-0.39, 0.29) is 5.56 Å². The molecule has 2 rings (SSSR count). The highest BCUT2D eigenvalue weighted by atomic mass is 16.1. The summed E-state index contributed by atoms with van der Waals surface area (Å²) < 4.78 is 0. The molecule has 0 saturated heterocycles. The second-order valence-corrected chi connectivity index (χ2v) is 3.20. The van der Waals surface area contributed by atoms with Crippen molar-refractivity contribution in [2.75, 3.05) is 0 Å². The zero-order valence-corrected chi connectivity index (χ0v) is 7.70. The van der Waals surface area contributed by atoms with E-state index in [1.54, 1.807) is 12.1 Å². The maximum Gasteiger partial charge on any atom is 0.248 e. The fourth-order valence-corrected chi connectivity index (χ4v) is 1.52. The van der Waals surface area contributed by atoms with Crippen LogP contribution in [0.5, 0.6) is 0 Å². The molecule has 0 fully saturated rings. The Morgan fingerprint density at radius 2 is 2.00 bits per heavy atom. The molecule has 2 aromatic rings. The van der Waals surface area contributed by atoms with Gasteiger partial charge in [0.15, 0.2) is 6.29 Å². The number of H-pyrrole nitrogens is 1. The number of nitrogens with one attached hydrogen (secondary N) is 1. The maximum atomic E-state index is 11.1. The molecule has 0 aliphatic heterocycles. The van der Waals surface area contributed by atoms with Crippen LogP contribution in [-0.2, 0) is 0 Å².